The molecule has 1 fully saturated rings. The highest BCUT2D eigenvalue weighted by molar-refractivity contribution is 5.33. The van der Waals surface area contributed by atoms with Gasteiger partial charge in [-0.05, 0) is 56.3 Å². The molecule has 0 spiro atoms. The van der Waals surface area contributed by atoms with E-state index < -0.39 is 5.60 Å². The molecule has 4 nitrogen and oxygen atoms in total. The first-order chi connectivity index (χ1) is 9.66. The molecule has 1 saturated heterocycles. The van der Waals surface area contributed by atoms with Gasteiger partial charge in [0.1, 0.15) is 5.82 Å². The van der Waals surface area contributed by atoms with E-state index in [4.69, 9.17) is 0 Å². The van der Waals surface area contributed by atoms with Crippen molar-refractivity contribution in [3.05, 3.63) is 48.0 Å². The summed E-state index contributed by atoms with van der Waals surface area (Å²) in [7, 11) is 0. The smallest absolute Gasteiger partial charge is 0.123 e. The molecule has 106 valence electrons. The van der Waals surface area contributed by atoms with Crippen LogP contribution in [-0.4, -0.2) is 33.6 Å². The van der Waals surface area contributed by atoms with Crippen LogP contribution in [0.25, 0.3) is 5.69 Å². The largest absolute Gasteiger partial charge is 0.389 e. The van der Waals surface area contributed by atoms with Gasteiger partial charge in [-0.2, -0.15) is 5.10 Å². The summed E-state index contributed by atoms with van der Waals surface area (Å²) in [5.74, 6) is -0.264. The van der Waals surface area contributed by atoms with Gasteiger partial charge in [-0.25, -0.2) is 9.07 Å². The Morgan fingerprint density at radius 1 is 1.20 bits per heavy atom. The molecule has 1 aliphatic rings. The third kappa shape index (κ3) is 2.73. The predicted octanol–water partition coefficient (Wildman–Crippen LogP) is 1.67. The fraction of sp³-hybridized carbons (Fsp3) is 0.400. The monoisotopic (exact) mass is 275 g/mol. The van der Waals surface area contributed by atoms with Gasteiger partial charge in [-0.15, -0.1) is 0 Å². The predicted molar refractivity (Wildman–Crippen MR) is 74.3 cm³/mol. The Balaban J connectivity index is 1.84. The minimum Gasteiger partial charge on any atom is -0.389 e. The van der Waals surface area contributed by atoms with Gasteiger partial charge >= 0.3 is 0 Å². The van der Waals surface area contributed by atoms with Crippen LogP contribution in [0.5, 0.6) is 0 Å². The van der Waals surface area contributed by atoms with E-state index in [-0.39, 0.29) is 5.82 Å². The molecule has 0 amide bonds. The number of hydrogen-bond donors (Lipinski definition) is 2. The summed E-state index contributed by atoms with van der Waals surface area (Å²) in [6.45, 7) is 1.67. The quantitative estimate of drug-likeness (QED) is 0.896. The lowest BCUT2D eigenvalue weighted by molar-refractivity contribution is 0.00955. The number of hydrogen-bond acceptors (Lipinski definition) is 3. The summed E-state index contributed by atoms with van der Waals surface area (Å²) in [6.07, 6.45) is 3.75. The average molecular weight is 275 g/mol. The third-order valence-electron chi connectivity index (χ3n) is 3.84. The Morgan fingerprint density at radius 2 is 1.90 bits per heavy atom. The van der Waals surface area contributed by atoms with Crippen molar-refractivity contribution in [3.63, 3.8) is 0 Å². The lowest BCUT2D eigenvalue weighted by atomic mass is 9.88. The van der Waals surface area contributed by atoms with Crippen molar-refractivity contribution in [3.8, 4) is 5.69 Å². The van der Waals surface area contributed by atoms with Crippen LogP contribution in [0.2, 0.25) is 0 Å². The Morgan fingerprint density at radius 3 is 2.60 bits per heavy atom. The van der Waals surface area contributed by atoms with Crippen LogP contribution in [-0.2, 0) is 6.42 Å². The standard InChI is InChI=1S/C15H18FN3O/c16-12-1-3-13(4-2-12)19-14(5-8-18-19)11-15(20)6-9-17-10-7-15/h1-5,8,17,20H,6-7,9-11H2. The molecule has 5 heteroatoms. The fourth-order valence-corrected chi connectivity index (χ4v) is 2.69. The van der Waals surface area contributed by atoms with Gasteiger partial charge in [0.05, 0.1) is 11.3 Å². The molecule has 20 heavy (non-hydrogen) atoms. The van der Waals surface area contributed by atoms with Gasteiger partial charge in [-0.1, -0.05) is 0 Å². The molecule has 2 heterocycles. The van der Waals surface area contributed by atoms with Crippen LogP contribution in [0, 0.1) is 5.82 Å². The molecule has 0 saturated carbocycles. The van der Waals surface area contributed by atoms with Gasteiger partial charge < -0.3 is 10.4 Å². The molecule has 2 aromatic rings. The van der Waals surface area contributed by atoms with Crippen molar-refractivity contribution in [1.82, 2.24) is 15.1 Å². The van der Waals surface area contributed by atoms with Crippen molar-refractivity contribution < 1.29 is 9.50 Å². The van der Waals surface area contributed by atoms with Gasteiger partial charge in [0.25, 0.3) is 0 Å². The molecule has 1 aliphatic heterocycles. The van der Waals surface area contributed by atoms with E-state index in [9.17, 15) is 9.50 Å². The molecule has 0 radical (unpaired) electrons. The zero-order valence-corrected chi connectivity index (χ0v) is 11.2. The molecule has 1 aromatic heterocycles. The summed E-state index contributed by atoms with van der Waals surface area (Å²) >= 11 is 0. The van der Waals surface area contributed by atoms with E-state index in [1.807, 2.05) is 6.07 Å². The van der Waals surface area contributed by atoms with E-state index >= 15 is 0 Å². The van der Waals surface area contributed by atoms with E-state index in [1.54, 1.807) is 23.0 Å². The summed E-state index contributed by atoms with van der Waals surface area (Å²) in [6, 6.07) is 8.13. The van der Waals surface area contributed by atoms with E-state index in [2.05, 4.69) is 10.4 Å². The molecule has 0 atom stereocenters. The van der Waals surface area contributed by atoms with E-state index in [0.717, 1.165) is 37.3 Å². The zero-order valence-electron chi connectivity index (χ0n) is 11.2. The number of aromatic nitrogens is 2. The Hall–Kier alpha value is -1.72. The van der Waals surface area contributed by atoms with Gasteiger partial charge in [-0.3, -0.25) is 0 Å². The van der Waals surface area contributed by atoms with Gasteiger partial charge in [0.2, 0.25) is 0 Å². The van der Waals surface area contributed by atoms with E-state index in [0.29, 0.717) is 6.42 Å². The number of benzene rings is 1. The van der Waals surface area contributed by atoms with Gasteiger partial charge in [0, 0.05) is 18.3 Å². The molecule has 0 bridgehead atoms. The van der Waals surface area contributed by atoms with Crippen molar-refractivity contribution >= 4 is 0 Å². The summed E-state index contributed by atoms with van der Waals surface area (Å²) in [5.41, 5.74) is 1.08. The third-order valence-corrected chi connectivity index (χ3v) is 3.84. The fourth-order valence-electron chi connectivity index (χ4n) is 2.69. The molecule has 0 aliphatic carbocycles. The summed E-state index contributed by atoms with van der Waals surface area (Å²) in [4.78, 5) is 0. The topological polar surface area (TPSA) is 50.1 Å². The maximum atomic E-state index is 13.0. The van der Waals surface area contributed by atoms with E-state index in [1.165, 1.54) is 12.1 Å². The Labute approximate surface area is 117 Å². The minimum absolute atomic E-state index is 0.264. The Bertz CT molecular complexity index is 573. The normalized spacial score (nSPS) is 18.1. The maximum Gasteiger partial charge on any atom is 0.123 e. The average Bonchev–Trinajstić information content (AvgIpc) is 2.88. The lowest BCUT2D eigenvalue weighted by Gasteiger charge is -2.32. The summed E-state index contributed by atoms with van der Waals surface area (Å²) in [5, 5.41) is 18.1. The molecule has 3 rings (SSSR count). The van der Waals surface area contributed by atoms with Crippen LogP contribution in [0.3, 0.4) is 0 Å². The first-order valence-corrected chi connectivity index (χ1v) is 6.88. The molecular weight excluding hydrogens is 257 g/mol. The van der Waals surface area contributed by atoms with Crippen LogP contribution in [0.1, 0.15) is 18.5 Å². The highest BCUT2D eigenvalue weighted by Crippen LogP contribution is 2.24. The van der Waals surface area contributed by atoms with Gasteiger partial charge in [0.15, 0.2) is 0 Å². The second-order valence-electron chi connectivity index (χ2n) is 5.36. The highest BCUT2D eigenvalue weighted by Gasteiger charge is 2.30. The summed E-state index contributed by atoms with van der Waals surface area (Å²) < 4.78 is 14.7. The zero-order chi connectivity index (χ0) is 14.0. The molecule has 2 N–H and O–H groups in total. The minimum atomic E-state index is -0.678. The first kappa shape index (κ1) is 13.3. The van der Waals surface area contributed by atoms with Crippen molar-refractivity contribution in [2.75, 3.05) is 13.1 Å². The maximum absolute atomic E-state index is 13.0. The first-order valence-electron chi connectivity index (χ1n) is 6.88. The number of aliphatic hydroxyl groups is 1. The molecule has 1 aromatic carbocycles. The van der Waals surface area contributed by atoms with Crippen molar-refractivity contribution in [1.29, 1.82) is 0 Å². The van der Waals surface area contributed by atoms with Crippen molar-refractivity contribution in [2.45, 2.75) is 24.9 Å². The number of nitrogens with one attached hydrogen (secondary N) is 1. The number of nitrogens with zero attached hydrogens (tertiary/aromatic N) is 2. The van der Waals surface area contributed by atoms with Crippen molar-refractivity contribution in [2.24, 2.45) is 0 Å². The van der Waals surface area contributed by atoms with Crippen LogP contribution in [0.4, 0.5) is 4.39 Å². The van der Waals surface area contributed by atoms with Crippen LogP contribution < -0.4 is 5.32 Å². The highest BCUT2D eigenvalue weighted by atomic mass is 19.1. The SMILES string of the molecule is OC1(Cc2ccnn2-c2ccc(F)cc2)CCNCC1. The lowest BCUT2D eigenvalue weighted by Crippen LogP contribution is -2.43. The number of rotatable bonds is 3. The molecule has 0 unspecified atom stereocenters. The second kappa shape index (κ2) is 5.34. The second-order valence-corrected chi connectivity index (χ2v) is 5.36. The number of piperidine rings is 1. The van der Waals surface area contributed by atoms with Crippen LogP contribution >= 0.6 is 0 Å². The Kier molecular flexibility index (Phi) is 3.54. The van der Waals surface area contributed by atoms with Crippen LogP contribution in [0.15, 0.2) is 36.5 Å². The molecular formula is C15H18FN3O. The number of halogens is 1.